The molecule has 1 fully saturated rings. The number of rotatable bonds is 7. The molecule has 0 radical (unpaired) electrons. The molecular formula is C25H30FN5O2. The third-order valence-corrected chi connectivity index (χ3v) is 6.46. The zero-order chi connectivity index (χ0) is 23.6. The lowest BCUT2D eigenvalue weighted by Gasteiger charge is -2.41. The fourth-order valence-corrected chi connectivity index (χ4v) is 4.64. The van der Waals surface area contributed by atoms with Gasteiger partial charge in [0.15, 0.2) is 5.69 Å². The van der Waals surface area contributed by atoms with Gasteiger partial charge >= 0.3 is 0 Å². The average molecular weight is 452 g/mol. The molecule has 0 bridgehead atoms. The molecule has 1 aliphatic rings. The van der Waals surface area contributed by atoms with Crippen molar-refractivity contribution < 1.29 is 14.0 Å². The zero-order valence-corrected chi connectivity index (χ0v) is 19.1. The number of nitrogens with zero attached hydrogens (tertiary/aromatic N) is 3. The summed E-state index contributed by atoms with van der Waals surface area (Å²) in [6, 6.07) is 13.9. The first-order valence-electron chi connectivity index (χ1n) is 11.3. The molecule has 8 heteroatoms. The highest BCUT2D eigenvalue weighted by Gasteiger charge is 2.35. The summed E-state index contributed by atoms with van der Waals surface area (Å²) in [4.78, 5) is 26.8. The minimum Gasteiger partial charge on any atom is -0.369 e. The van der Waals surface area contributed by atoms with Gasteiger partial charge < -0.3 is 11.1 Å². The highest BCUT2D eigenvalue weighted by Crippen LogP contribution is 2.28. The fraction of sp³-hybridized carbons (Fsp3) is 0.400. The van der Waals surface area contributed by atoms with Gasteiger partial charge in [-0.15, -0.1) is 0 Å². The van der Waals surface area contributed by atoms with Crippen LogP contribution >= 0.6 is 0 Å². The standard InChI is InChI=1S/C25H30FN5O2/c1-25(2,18-6-5-13-30(15-18)16-22(27)32)28-24(33)23-20-7-3-4-8-21(20)31(29-23)14-17-9-11-19(26)12-10-17/h3-4,7-12,18H,5-6,13-16H2,1-2H3,(H2,27,32)(H,28,33). The molecule has 3 N–H and O–H groups in total. The second-order valence-corrected chi connectivity index (χ2v) is 9.37. The molecule has 2 heterocycles. The summed E-state index contributed by atoms with van der Waals surface area (Å²) in [6.45, 7) is 6.24. The second-order valence-electron chi connectivity index (χ2n) is 9.37. The summed E-state index contributed by atoms with van der Waals surface area (Å²) in [6.07, 6.45) is 1.91. The molecule has 7 nitrogen and oxygen atoms in total. The van der Waals surface area contributed by atoms with E-state index in [1.165, 1.54) is 12.1 Å². The number of benzene rings is 2. The number of aromatic nitrogens is 2. The second kappa shape index (κ2) is 9.31. The maximum atomic E-state index is 13.4. The summed E-state index contributed by atoms with van der Waals surface area (Å²) in [5.41, 5.74) is 6.99. The van der Waals surface area contributed by atoms with Gasteiger partial charge in [-0.2, -0.15) is 5.10 Å². The largest absolute Gasteiger partial charge is 0.369 e. The van der Waals surface area contributed by atoms with Gasteiger partial charge in [-0.3, -0.25) is 19.2 Å². The van der Waals surface area contributed by atoms with Crippen LogP contribution in [0.15, 0.2) is 48.5 Å². The van der Waals surface area contributed by atoms with Gasteiger partial charge in [0.25, 0.3) is 5.91 Å². The van der Waals surface area contributed by atoms with E-state index < -0.39 is 5.54 Å². The smallest absolute Gasteiger partial charge is 0.272 e. The first-order chi connectivity index (χ1) is 15.7. The van der Waals surface area contributed by atoms with E-state index in [1.807, 2.05) is 38.1 Å². The number of nitrogens with one attached hydrogen (secondary N) is 1. The van der Waals surface area contributed by atoms with Crippen LogP contribution in [0.5, 0.6) is 0 Å². The monoisotopic (exact) mass is 451 g/mol. The normalized spacial score (nSPS) is 17.2. The van der Waals surface area contributed by atoms with Crippen LogP contribution in [0.25, 0.3) is 10.9 Å². The van der Waals surface area contributed by atoms with Crippen molar-refractivity contribution in [2.75, 3.05) is 19.6 Å². The van der Waals surface area contributed by atoms with Gasteiger partial charge in [0.05, 0.1) is 18.6 Å². The zero-order valence-electron chi connectivity index (χ0n) is 19.1. The number of amides is 2. The first kappa shape index (κ1) is 22.9. The third kappa shape index (κ3) is 5.22. The third-order valence-electron chi connectivity index (χ3n) is 6.46. The van der Waals surface area contributed by atoms with E-state index in [0.717, 1.165) is 35.9 Å². The first-order valence-corrected chi connectivity index (χ1v) is 11.3. The molecule has 1 unspecified atom stereocenters. The Labute approximate surface area is 192 Å². The Bertz CT molecular complexity index is 1160. The highest BCUT2D eigenvalue weighted by molar-refractivity contribution is 6.05. The number of para-hydroxylation sites is 1. The van der Waals surface area contributed by atoms with Crippen LogP contribution in [0.3, 0.4) is 0 Å². The number of carbonyl (C=O) groups is 2. The molecule has 1 atom stereocenters. The predicted molar refractivity (Wildman–Crippen MR) is 125 cm³/mol. The van der Waals surface area contributed by atoms with Crippen molar-refractivity contribution in [3.8, 4) is 0 Å². The summed E-state index contributed by atoms with van der Waals surface area (Å²) >= 11 is 0. The Kier molecular flexibility index (Phi) is 6.47. The number of piperidine rings is 1. The molecule has 174 valence electrons. The number of carbonyl (C=O) groups excluding carboxylic acids is 2. The van der Waals surface area contributed by atoms with Gasteiger partial charge in [0.2, 0.25) is 5.91 Å². The SMILES string of the molecule is CC(C)(NC(=O)c1nn(Cc2ccc(F)cc2)c2ccccc12)C1CCCN(CC(N)=O)C1. The molecular weight excluding hydrogens is 421 g/mol. The molecule has 4 rings (SSSR count). The van der Waals surface area contributed by atoms with E-state index in [0.29, 0.717) is 18.8 Å². The number of fused-ring (bicyclic) bond motifs is 1. The van der Waals surface area contributed by atoms with Gasteiger partial charge in [-0.05, 0) is 62.9 Å². The van der Waals surface area contributed by atoms with Crippen molar-refractivity contribution in [3.63, 3.8) is 0 Å². The van der Waals surface area contributed by atoms with Gasteiger partial charge in [-0.1, -0.05) is 30.3 Å². The summed E-state index contributed by atoms with van der Waals surface area (Å²) in [5, 5.41) is 8.59. The molecule has 3 aromatic rings. The van der Waals surface area contributed by atoms with E-state index >= 15 is 0 Å². The molecule has 33 heavy (non-hydrogen) atoms. The Hall–Kier alpha value is -3.26. The topological polar surface area (TPSA) is 93.2 Å². The number of hydrogen-bond acceptors (Lipinski definition) is 4. The van der Waals surface area contributed by atoms with E-state index in [2.05, 4.69) is 15.3 Å². The van der Waals surface area contributed by atoms with Crippen LogP contribution in [0.1, 0.15) is 42.7 Å². The van der Waals surface area contributed by atoms with Crippen molar-refractivity contribution >= 4 is 22.7 Å². The highest BCUT2D eigenvalue weighted by atomic mass is 19.1. The van der Waals surface area contributed by atoms with Gasteiger partial charge in [-0.25, -0.2) is 4.39 Å². The number of hydrogen-bond donors (Lipinski definition) is 2. The molecule has 0 aliphatic carbocycles. The van der Waals surface area contributed by atoms with Crippen LogP contribution in [-0.4, -0.2) is 51.7 Å². The number of nitrogens with two attached hydrogens (primary N) is 1. The lowest BCUT2D eigenvalue weighted by Crippen LogP contribution is -2.55. The lowest BCUT2D eigenvalue weighted by molar-refractivity contribution is -0.119. The van der Waals surface area contributed by atoms with Gasteiger partial charge in [0.1, 0.15) is 5.82 Å². The van der Waals surface area contributed by atoms with Gasteiger partial charge in [0, 0.05) is 17.5 Å². The summed E-state index contributed by atoms with van der Waals surface area (Å²) < 4.78 is 15.1. The van der Waals surface area contributed by atoms with Crippen molar-refractivity contribution in [2.45, 2.75) is 38.8 Å². The Morgan fingerprint density at radius 1 is 1.18 bits per heavy atom. The molecule has 0 spiro atoms. The average Bonchev–Trinajstić information content (AvgIpc) is 3.13. The summed E-state index contributed by atoms with van der Waals surface area (Å²) in [5.74, 6) is -0.678. The van der Waals surface area contributed by atoms with Crippen LogP contribution in [0.4, 0.5) is 4.39 Å². The minimum absolute atomic E-state index is 0.183. The molecule has 0 saturated carbocycles. The van der Waals surface area contributed by atoms with Crippen LogP contribution < -0.4 is 11.1 Å². The maximum absolute atomic E-state index is 13.4. The van der Waals surface area contributed by atoms with Crippen molar-refractivity contribution in [2.24, 2.45) is 11.7 Å². The number of halogens is 1. The summed E-state index contributed by atoms with van der Waals surface area (Å²) in [7, 11) is 0. The number of likely N-dealkylation sites (tertiary alicyclic amines) is 1. The van der Waals surface area contributed by atoms with Crippen LogP contribution in [0, 0.1) is 11.7 Å². The molecule has 2 amide bonds. The fourth-order valence-electron chi connectivity index (χ4n) is 4.64. The Balaban J connectivity index is 1.55. The lowest BCUT2D eigenvalue weighted by atomic mass is 9.81. The molecule has 2 aromatic carbocycles. The number of primary amides is 1. The predicted octanol–water partition coefficient (Wildman–Crippen LogP) is 2.93. The van der Waals surface area contributed by atoms with E-state index in [1.54, 1.807) is 16.8 Å². The van der Waals surface area contributed by atoms with E-state index in [9.17, 15) is 14.0 Å². The molecule has 1 aliphatic heterocycles. The Morgan fingerprint density at radius 2 is 1.91 bits per heavy atom. The maximum Gasteiger partial charge on any atom is 0.272 e. The van der Waals surface area contributed by atoms with Crippen LogP contribution in [-0.2, 0) is 11.3 Å². The minimum atomic E-state index is -0.491. The van der Waals surface area contributed by atoms with Crippen LogP contribution in [0.2, 0.25) is 0 Å². The quantitative estimate of drug-likeness (QED) is 0.578. The molecule has 1 aromatic heterocycles. The van der Waals surface area contributed by atoms with Crippen molar-refractivity contribution in [1.29, 1.82) is 0 Å². The van der Waals surface area contributed by atoms with E-state index in [4.69, 9.17) is 5.73 Å². The van der Waals surface area contributed by atoms with E-state index in [-0.39, 0.29) is 30.1 Å². The molecule has 1 saturated heterocycles. The van der Waals surface area contributed by atoms with Crippen molar-refractivity contribution in [3.05, 3.63) is 65.6 Å². The Morgan fingerprint density at radius 3 is 2.64 bits per heavy atom. The van der Waals surface area contributed by atoms with Crippen molar-refractivity contribution in [1.82, 2.24) is 20.0 Å².